The van der Waals surface area contributed by atoms with Crippen molar-refractivity contribution in [2.24, 2.45) is 5.73 Å². The number of carboxylic acids is 1. The van der Waals surface area contributed by atoms with Crippen LogP contribution in [0.15, 0.2) is 11.3 Å². The predicted molar refractivity (Wildman–Crippen MR) is 64.1 cm³/mol. The van der Waals surface area contributed by atoms with E-state index in [0.29, 0.717) is 11.5 Å². The topological polar surface area (TPSA) is 83.6 Å². The molecule has 2 heterocycles. The summed E-state index contributed by atoms with van der Waals surface area (Å²) in [4.78, 5) is 24.0. The zero-order valence-corrected chi connectivity index (χ0v) is 10.3. The van der Waals surface area contributed by atoms with Crippen LogP contribution in [0.1, 0.15) is 0 Å². The van der Waals surface area contributed by atoms with E-state index in [-0.39, 0.29) is 17.0 Å². The molecule has 16 heavy (non-hydrogen) atoms. The fourth-order valence-corrected chi connectivity index (χ4v) is 3.87. The molecule has 0 saturated carbocycles. The maximum absolute atomic E-state index is 11.5. The van der Waals surface area contributed by atoms with Crippen molar-refractivity contribution in [3.8, 4) is 0 Å². The van der Waals surface area contributed by atoms with Crippen LogP contribution in [-0.2, 0) is 9.59 Å². The van der Waals surface area contributed by atoms with Gasteiger partial charge < -0.3 is 10.8 Å². The third-order valence-electron chi connectivity index (χ3n) is 2.61. The van der Waals surface area contributed by atoms with E-state index in [1.54, 1.807) is 11.8 Å². The molecule has 2 aliphatic rings. The second-order valence-electron chi connectivity index (χ2n) is 3.63. The van der Waals surface area contributed by atoms with Gasteiger partial charge in [0.1, 0.15) is 17.1 Å². The Kier molecular flexibility index (Phi) is 3.18. The van der Waals surface area contributed by atoms with E-state index in [1.165, 1.54) is 16.7 Å². The normalized spacial score (nSPS) is 28.9. The predicted octanol–water partition coefficient (Wildman–Crippen LogP) is -0.0695. The molecule has 2 rings (SSSR count). The van der Waals surface area contributed by atoms with Crippen molar-refractivity contribution in [1.82, 2.24) is 4.90 Å². The molecule has 7 heteroatoms. The lowest BCUT2D eigenvalue weighted by atomic mass is 10.0. The molecule has 5 nitrogen and oxygen atoms in total. The molecule has 2 aliphatic heterocycles. The molecule has 88 valence electrons. The second kappa shape index (κ2) is 4.31. The summed E-state index contributed by atoms with van der Waals surface area (Å²) in [6, 6.07) is -0.546. The first kappa shape index (κ1) is 11.8. The summed E-state index contributed by atoms with van der Waals surface area (Å²) in [5.41, 5.74) is 6.58. The van der Waals surface area contributed by atoms with E-state index >= 15 is 0 Å². The fraction of sp³-hybridized carbons (Fsp3) is 0.556. The lowest BCUT2D eigenvalue weighted by molar-refractivity contribution is -0.147. The van der Waals surface area contributed by atoms with E-state index in [1.807, 2.05) is 6.26 Å². The number of nitrogens with zero attached hydrogens (tertiary/aromatic N) is 1. The van der Waals surface area contributed by atoms with Crippen LogP contribution in [0, 0.1) is 0 Å². The van der Waals surface area contributed by atoms with Gasteiger partial charge in [0.15, 0.2) is 0 Å². The second-order valence-corrected chi connectivity index (χ2v) is 5.60. The van der Waals surface area contributed by atoms with Gasteiger partial charge in [0.05, 0.1) is 0 Å². The first-order chi connectivity index (χ1) is 7.57. The minimum atomic E-state index is -1.03. The Morgan fingerprint density at radius 1 is 1.75 bits per heavy atom. The number of carboxylic acid groups (broad SMARTS) is 1. The highest BCUT2D eigenvalue weighted by Gasteiger charge is 2.51. The lowest BCUT2D eigenvalue weighted by Gasteiger charge is -2.48. The van der Waals surface area contributed by atoms with Gasteiger partial charge in [-0.3, -0.25) is 9.69 Å². The standard InChI is InChI=1S/C9H12N2O3S2/c1-15-2-4-3-16-8-5(10)7(12)11(8)6(4)9(13)14/h5,8H,2-3,10H2,1H3,(H,13,14)/t5?,8-/m1/s1. The Hall–Kier alpha value is -0.660. The summed E-state index contributed by atoms with van der Waals surface area (Å²) in [6.07, 6.45) is 1.91. The van der Waals surface area contributed by atoms with Gasteiger partial charge >= 0.3 is 5.97 Å². The quantitative estimate of drug-likeness (QED) is 0.691. The smallest absolute Gasteiger partial charge is 0.352 e. The van der Waals surface area contributed by atoms with E-state index in [9.17, 15) is 9.59 Å². The lowest BCUT2D eigenvalue weighted by Crippen LogP contribution is -2.68. The van der Waals surface area contributed by atoms with Crippen LogP contribution < -0.4 is 5.73 Å². The van der Waals surface area contributed by atoms with Crippen LogP contribution in [0.2, 0.25) is 0 Å². The van der Waals surface area contributed by atoms with Gasteiger partial charge in [-0.05, 0) is 11.8 Å². The number of fused-ring (bicyclic) bond motifs is 1. The molecular formula is C9H12N2O3S2. The molecule has 3 N–H and O–H groups in total. The van der Waals surface area contributed by atoms with Gasteiger partial charge in [0, 0.05) is 11.5 Å². The maximum atomic E-state index is 11.5. The molecule has 1 amide bonds. The van der Waals surface area contributed by atoms with Crippen LogP contribution in [0.5, 0.6) is 0 Å². The highest BCUT2D eigenvalue weighted by molar-refractivity contribution is 8.00. The Balaban J connectivity index is 2.34. The highest BCUT2D eigenvalue weighted by atomic mass is 32.2. The van der Waals surface area contributed by atoms with Gasteiger partial charge in [0.2, 0.25) is 5.91 Å². The SMILES string of the molecule is CSCC1=C(C(=O)O)N2C(=O)C(N)[C@H]2SC1. The molecule has 0 aromatic carbocycles. The van der Waals surface area contributed by atoms with Gasteiger partial charge in [-0.1, -0.05) is 0 Å². The van der Waals surface area contributed by atoms with Crippen molar-refractivity contribution in [3.63, 3.8) is 0 Å². The molecule has 0 radical (unpaired) electrons. The summed E-state index contributed by atoms with van der Waals surface area (Å²) in [5.74, 6) is -0.0341. The van der Waals surface area contributed by atoms with E-state index < -0.39 is 12.0 Å². The van der Waals surface area contributed by atoms with Crippen molar-refractivity contribution in [3.05, 3.63) is 11.3 Å². The largest absolute Gasteiger partial charge is 0.477 e. The number of nitrogens with two attached hydrogens (primary N) is 1. The van der Waals surface area contributed by atoms with E-state index in [4.69, 9.17) is 10.8 Å². The molecule has 1 saturated heterocycles. The van der Waals surface area contributed by atoms with Crippen molar-refractivity contribution in [2.45, 2.75) is 11.4 Å². The molecule has 0 bridgehead atoms. The van der Waals surface area contributed by atoms with Gasteiger partial charge in [-0.25, -0.2) is 4.79 Å². The Bertz CT molecular complexity index is 383. The minimum Gasteiger partial charge on any atom is -0.477 e. The highest BCUT2D eigenvalue weighted by Crippen LogP contribution is 2.39. The molecule has 0 aromatic rings. The average molecular weight is 260 g/mol. The summed E-state index contributed by atoms with van der Waals surface area (Å²) in [6.45, 7) is 0. The molecule has 0 spiro atoms. The van der Waals surface area contributed by atoms with Gasteiger partial charge in [0.25, 0.3) is 0 Å². The zero-order valence-electron chi connectivity index (χ0n) is 8.67. The van der Waals surface area contributed by atoms with Crippen molar-refractivity contribution < 1.29 is 14.7 Å². The van der Waals surface area contributed by atoms with Crippen molar-refractivity contribution in [2.75, 3.05) is 17.8 Å². The molecular weight excluding hydrogens is 248 g/mol. The number of amides is 1. The molecule has 0 aromatic heterocycles. The molecule has 0 aliphatic carbocycles. The Morgan fingerprint density at radius 2 is 2.44 bits per heavy atom. The number of carbonyl (C=O) groups is 2. The molecule has 1 fully saturated rings. The number of aliphatic carboxylic acids is 1. The number of β-lactam (4-membered cyclic amide) rings is 1. The van der Waals surface area contributed by atoms with E-state index in [0.717, 1.165) is 5.57 Å². The van der Waals surface area contributed by atoms with Crippen LogP contribution in [-0.4, -0.2) is 51.1 Å². The van der Waals surface area contributed by atoms with E-state index in [2.05, 4.69) is 0 Å². The van der Waals surface area contributed by atoms with Gasteiger partial charge in [-0.15, -0.1) is 11.8 Å². The summed E-state index contributed by atoms with van der Waals surface area (Å²) in [5, 5.41) is 8.96. The summed E-state index contributed by atoms with van der Waals surface area (Å²) >= 11 is 3.09. The fourth-order valence-electron chi connectivity index (χ4n) is 1.87. The maximum Gasteiger partial charge on any atom is 0.352 e. The third-order valence-corrected chi connectivity index (χ3v) is 4.61. The first-order valence-electron chi connectivity index (χ1n) is 4.72. The molecule has 2 atom stereocenters. The van der Waals surface area contributed by atoms with Crippen molar-refractivity contribution >= 4 is 35.4 Å². The number of hydrogen-bond donors (Lipinski definition) is 2. The number of carbonyl (C=O) groups excluding carboxylic acids is 1. The van der Waals surface area contributed by atoms with Crippen molar-refractivity contribution in [1.29, 1.82) is 0 Å². The summed E-state index contributed by atoms with van der Waals surface area (Å²) < 4.78 is 0. The summed E-state index contributed by atoms with van der Waals surface area (Å²) in [7, 11) is 0. The first-order valence-corrected chi connectivity index (χ1v) is 7.16. The van der Waals surface area contributed by atoms with Crippen LogP contribution in [0.25, 0.3) is 0 Å². The zero-order chi connectivity index (χ0) is 11.9. The van der Waals surface area contributed by atoms with Crippen LogP contribution in [0.3, 0.4) is 0 Å². The Labute approximate surface area is 101 Å². The van der Waals surface area contributed by atoms with Crippen LogP contribution >= 0.6 is 23.5 Å². The molecule has 1 unspecified atom stereocenters. The van der Waals surface area contributed by atoms with Crippen LogP contribution in [0.4, 0.5) is 0 Å². The number of thioether (sulfide) groups is 2. The number of rotatable bonds is 3. The number of hydrogen-bond acceptors (Lipinski definition) is 5. The monoisotopic (exact) mass is 260 g/mol. The average Bonchev–Trinajstić information content (AvgIpc) is 2.27. The van der Waals surface area contributed by atoms with Gasteiger partial charge in [-0.2, -0.15) is 11.8 Å². The minimum absolute atomic E-state index is 0.143. The Morgan fingerprint density at radius 3 is 3.00 bits per heavy atom. The third kappa shape index (κ3) is 1.63.